The van der Waals surface area contributed by atoms with E-state index in [0.717, 1.165) is 28.2 Å². The van der Waals surface area contributed by atoms with Gasteiger partial charge in [0, 0.05) is 26.3 Å². The highest BCUT2D eigenvalue weighted by atomic mass is 31.2. The van der Waals surface area contributed by atoms with Gasteiger partial charge in [-0.1, -0.05) is 54.6 Å². The molecule has 0 saturated carbocycles. The minimum atomic E-state index is -3.47. The lowest BCUT2D eigenvalue weighted by Gasteiger charge is -2.37. The van der Waals surface area contributed by atoms with E-state index >= 15 is 0 Å². The molecule has 5 rings (SSSR count). The first-order valence-electron chi connectivity index (χ1n) is 14.1. The van der Waals surface area contributed by atoms with Crippen LogP contribution in [0, 0.1) is 0 Å². The molecule has 10 heteroatoms. The highest BCUT2D eigenvalue weighted by molar-refractivity contribution is 7.53. The molecule has 5 atom stereocenters. The van der Waals surface area contributed by atoms with Gasteiger partial charge in [-0.15, -0.1) is 0 Å². The average molecular weight is 599 g/mol. The average Bonchev–Trinajstić information content (AvgIpc) is 3.65. The van der Waals surface area contributed by atoms with Crippen LogP contribution in [0.5, 0.6) is 11.5 Å². The normalized spacial score (nSPS) is 23.9. The molecular formula is C32H39O9P. The molecule has 0 spiro atoms. The van der Waals surface area contributed by atoms with Crippen molar-refractivity contribution in [1.82, 2.24) is 0 Å². The van der Waals surface area contributed by atoms with Crippen LogP contribution in [0.15, 0.2) is 78.9 Å². The fraction of sp³-hybridized carbons (Fsp3) is 0.438. The van der Waals surface area contributed by atoms with Crippen molar-refractivity contribution >= 4 is 7.60 Å². The van der Waals surface area contributed by atoms with Crippen molar-refractivity contribution in [2.24, 2.45) is 0 Å². The Kier molecular flexibility index (Phi) is 10.0. The Morgan fingerprint density at radius 2 is 1.33 bits per heavy atom. The van der Waals surface area contributed by atoms with E-state index in [2.05, 4.69) is 0 Å². The second-order valence-corrected chi connectivity index (χ2v) is 12.5. The van der Waals surface area contributed by atoms with Crippen LogP contribution < -0.4 is 9.47 Å². The van der Waals surface area contributed by atoms with Crippen LogP contribution in [0.3, 0.4) is 0 Å². The maximum absolute atomic E-state index is 13.3. The first kappa shape index (κ1) is 30.7. The highest BCUT2D eigenvalue weighted by Gasteiger charge is 2.42. The molecule has 2 aliphatic heterocycles. The molecule has 2 heterocycles. The van der Waals surface area contributed by atoms with Gasteiger partial charge in [0.2, 0.25) is 0 Å². The molecule has 3 aromatic carbocycles. The quantitative estimate of drug-likeness (QED) is 0.211. The van der Waals surface area contributed by atoms with Crippen LogP contribution in [0.4, 0.5) is 0 Å². The van der Waals surface area contributed by atoms with Gasteiger partial charge in [-0.05, 0) is 47.4 Å². The van der Waals surface area contributed by atoms with Crippen LogP contribution in [0.2, 0.25) is 0 Å². The molecule has 0 radical (unpaired) electrons. The van der Waals surface area contributed by atoms with Gasteiger partial charge in [0.25, 0.3) is 0 Å². The molecule has 3 aromatic rings. The molecule has 0 aromatic heterocycles. The zero-order chi connectivity index (χ0) is 29.6. The lowest BCUT2D eigenvalue weighted by molar-refractivity contribution is -0.0680. The summed E-state index contributed by atoms with van der Waals surface area (Å²) in [6.45, 7) is 2.48. The Morgan fingerprint density at radius 1 is 0.786 bits per heavy atom. The third-order valence-electron chi connectivity index (χ3n) is 7.76. The van der Waals surface area contributed by atoms with Gasteiger partial charge in [-0.3, -0.25) is 4.57 Å². The SMILES string of the molecule is COc1ccc(C(OC[C@H]2OCC[C@@H]2O[P@@](C)(=O)OC[C@H]2OCC[C@@H]2O)(c2ccccc2)c2ccc(OC)cc2)cc1. The number of rotatable bonds is 13. The fourth-order valence-electron chi connectivity index (χ4n) is 5.47. The molecule has 0 amide bonds. The molecule has 2 saturated heterocycles. The van der Waals surface area contributed by atoms with Crippen LogP contribution in [0.25, 0.3) is 0 Å². The molecule has 0 aliphatic carbocycles. The van der Waals surface area contributed by atoms with Crippen molar-refractivity contribution in [2.45, 2.75) is 42.9 Å². The van der Waals surface area contributed by atoms with Gasteiger partial charge in [0.15, 0.2) is 0 Å². The standard InChI is InChI=1S/C32H39O9P/c1-35-26-13-9-24(10-14-26)32(23-7-5-4-6-8-23,25-11-15-27(36-2)16-12-25)39-21-31-29(18-20-38-31)41-42(3,34)40-22-30-28(33)17-19-37-30/h4-16,28-31,33H,17-22H2,1-3H3/t28-,29-,30+,31+,42-/m0/s1. The second kappa shape index (κ2) is 13.7. The van der Waals surface area contributed by atoms with E-state index < -0.39 is 37.6 Å². The molecule has 0 bridgehead atoms. The van der Waals surface area contributed by atoms with Crippen LogP contribution in [-0.2, 0) is 33.4 Å². The maximum atomic E-state index is 13.3. The van der Waals surface area contributed by atoms with E-state index in [0.29, 0.717) is 26.1 Å². The van der Waals surface area contributed by atoms with Crippen molar-refractivity contribution < 1.29 is 42.4 Å². The second-order valence-electron chi connectivity index (χ2n) is 10.5. The largest absolute Gasteiger partial charge is 0.497 e. The molecule has 1 N–H and O–H groups in total. The summed E-state index contributed by atoms with van der Waals surface area (Å²) in [4.78, 5) is 0. The van der Waals surface area contributed by atoms with Crippen LogP contribution in [0.1, 0.15) is 29.5 Å². The van der Waals surface area contributed by atoms with E-state index in [1.165, 1.54) is 6.66 Å². The zero-order valence-electron chi connectivity index (χ0n) is 24.2. The number of aliphatic hydroxyl groups is 1. The summed E-state index contributed by atoms with van der Waals surface area (Å²) in [7, 11) is -0.199. The lowest BCUT2D eigenvalue weighted by atomic mass is 9.80. The first-order valence-corrected chi connectivity index (χ1v) is 16.1. The third-order valence-corrected chi connectivity index (χ3v) is 9.03. The number of methoxy groups -OCH3 is 2. The molecule has 0 unspecified atom stereocenters. The summed E-state index contributed by atoms with van der Waals surface area (Å²) < 4.78 is 54.2. The van der Waals surface area contributed by atoms with E-state index in [1.807, 2.05) is 78.9 Å². The van der Waals surface area contributed by atoms with Crippen molar-refractivity contribution in [3.05, 3.63) is 95.6 Å². The van der Waals surface area contributed by atoms with E-state index in [4.69, 9.17) is 32.7 Å². The predicted octanol–water partition coefficient (Wildman–Crippen LogP) is 5.18. The lowest BCUT2D eigenvalue weighted by Crippen LogP contribution is -2.38. The van der Waals surface area contributed by atoms with Gasteiger partial charge < -0.3 is 37.8 Å². The summed E-state index contributed by atoms with van der Waals surface area (Å²) in [6, 6.07) is 25.6. The van der Waals surface area contributed by atoms with Crippen molar-refractivity contribution in [1.29, 1.82) is 0 Å². The number of hydrogen-bond donors (Lipinski definition) is 1. The van der Waals surface area contributed by atoms with Gasteiger partial charge in [0.05, 0.1) is 39.6 Å². The summed E-state index contributed by atoms with van der Waals surface area (Å²) in [6.07, 6.45) is -1.07. The van der Waals surface area contributed by atoms with Crippen LogP contribution >= 0.6 is 7.60 Å². The number of hydrogen-bond acceptors (Lipinski definition) is 9. The monoisotopic (exact) mass is 598 g/mol. The Labute approximate surface area is 247 Å². The zero-order valence-corrected chi connectivity index (χ0v) is 25.1. The Morgan fingerprint density at radius 3 is 1.88 bits per heavy atom. The van der Waals surface area contributed by atoms with Crippen molar-refractivity contribution in [3.8, 4) is 11.5 Å². The minimum absolute atomic E-state index is 0.00422. The third kappa shape index (κ3) is 6.90. The Balaban J connectivity index is 1.42. The van der Waals surface area contributed by atoms with Crippen molar-refractivity contribution in [3.63, 3.8) is 0 Å². The molecular weight excluding hydrogens is 559 g/mol. The van der Waals surface area contributed by atoms with E-state index in [1.54, 1.807) is 14.2 Å². The summed E-state index contributed by atoms with van der Waals surface area (Å²) in [5.41, 5.74) is 1.71. The van der Waals surface area contributed by atoms with Crippen molar-refractivity contribution in [2.75, 3.05) is 47.3 Å². The topological polar surface area (TPSA) is 102 Å². The van der Waals surface area contributed by atoms with Gasteiger partial charge >= 0.3 is 7.60 Å². The summed E-state index contributed by atoms with van der Waals surface area (Å²) >= 11 is 0. The van der Waals surface area contributed by atoms with Crippen LogP contribution in [-0.4, -0.2) is 76.8 Å². The maximum Gasteiger partial charge on any atom is 0.328 e. The molecule has 2 aliphatic rings. The number of benzene rings is 3. The predicted molar refractivity (Wildman–Crippen MR) is 157 cm³/mol. The minimum Gasteiger partial charge on any atom is -0.497 e. The van der Waals surface area contributed by atoms with E-state index in [-0.39, 0.29) is 13.2 Å². The van der Waals surface area contributed by atoms with Gasteiger partial charge in [-0.25, -0.2) is 0 Å². The first-order chi connectivity index (χ1) is 20.3. The Bertz CT molecular complexity index is 1270. The number of aliphatic hydroxyl groups excluding tert-OH is 1. The Hall–Kier alpha value is -2.75. The number of ether oxygens (including phenoxy) is 5. The molecule has 2 fully saturated rings. The molecule has 9 nitrogen and oxygen atoms in total. The smallest absolute Gasteiger partial charge is 0.328 e. The summed E-state index contributed by atoms with van der Waals surface area (Å²) in [5.74, 6) is 1.47. The molecule has 226 valence electrons. The molecule has 42 heavy (non-hydrogen) atoms. The fourth-order valence-corrected chi connectivity index (χ4v) is 6.68. The van der Waals surface area contributed by atoms with Gasteiger partial charge in [-0.2, -0.15) is 0 Å². The highest BCUT2D eigenvalue weighted by Crippen LogP contribution is 2.48. The summed E-state index contributed by atoms with van der Waals surface area (Å²) in [5, 5.41) is 10.0. The van der Waals surface area contributed by atoms with Gasteiger partial charge in [0.1, 0.15) is 29.3 Å². The van der Waals surface area contributed by atoms with E-state index in [9.17, 15) is 9.67 Å².